The molecule has 21 heavy (non-hydrogen) atoms. The summed E-state index contributed by atoms with van der Waals surface area (Å²) in [7, 11) is 0. The first-order valence-electron chi connectivity index (χ1n) is 6.61. The summed E-state index contributed by atoms with van der Waals surface area (Å²) in [4.78, 5) is 12.1. The molecule has 1 radical (unpaired) electrons. The Bertz CT molecular complexity index is 647. The van der Waals surface area contributed by atoms with Crippen molar-refractivity contribution in [1.29, 1.82) is 0 Å². The van der Waals surface area contributed by atoms with E-state index in [-0.39, 0.29) is 11.4 Å². The highest BCUT2D eigenvalue weighted by atomic mass is 19.1. The van der Waals surface area contributed by atoms with Crippen molar-refractivity contribution in [2.75, 3.05) is 0 Å². The van der Waals surface area contributed by atoms with Gasteiger partial charge in [-0.15, -0.1) is 0 Å². The fraction of sp³-hybridized carbons (Fsp3) is 0.235. The lowest BCUT2D eigenvalue weighted by molar-refractivity contribution is 0.0919. The van der Waals surface area contributed by atoms with Crippen LogP contribution in [0.1, 0.15) is 31.1 Å². The normalized spacial score (nSPS) is 11.0. The summed E-state index contributed by atoms with van der Waals surface area (Å²) in [6.07, 6.45) is 0. The van der Waals surface area contributed by atoms with Crippen molar-refractivity contribution in [1.82, 2.24) is 5.32 Å². The molecule has 0 bridgehead atoms. The number of ether oxygens (including phenoxy) is 1. The first kappa shape index (κ1) is 15.0. The van der Waals surface area contributed by atoms with Crippen molar-refractivity contribution < 1.29 is 13.9 Å². The van der Waals surface area contributed by atoms with Gasteiger partial charge in [0.05, 0.1) is 0 Å². The maximum Gasteiger partial charge on any atom is 0.251 e. The summed E-state index contributed by atoms with van der Waals surface area (Å²) in [5.74, 6) is 0.163. The molecule has 0 heterocycles. The van der Waals surface area contributed by atoms with Crippen molar-refractivity contribution in [3.8, 4) is 11.5 Å². The third kappa shape index (κ3) is 4.60. The highest BCUT2D eigenvalue weighted by Gasteiger charge is 2.15. The van der Waals surface area contributed by atoms with Crippen molar-refractivity contribution in [2.45, 2.75) is 26.3 Å². The Morgan fingerprint density at radius 3 is 2.57 bits per heavy atom. The van der Waals surface area contributed by atoms with Crippen LogP contribution in [0.15, 0.2) is 42.5 Å². The number of hydrogen-bond acceptors (Lipinski definition) is 2. The van der Waals surface area contributed by atoms with E-state index < -0.39 is 5.82 Å². The van der Waals surface area contributed by atoms with E-state index in [1.165, 1.54) is 12.1 Å². The minimum Gasteiger partial charge on any atom is -0.457 e. The molecule has 2 aromatic carbocycles. The summed E-state index contributed by atoms with van der Waals surface area (Å²) in [5, 5.41) is 2.88. The van der Waals surface area contributed by atoms with Crippen LogP contribution in [-0.2, 0) is 0 Å². The van der Waals surface area contributed by atoms with Crippen LogP contribution in [0, 0.1) is 11.9 Å². The smallest absolute Gasteiger partial charge is 0.251 e. The predicted molar refractivity (Wildman–Crippen MR) is 79.0 cm³/mol. The molecule has 0 spiro atoms. The first-order valence-corrected chi connectivity index (χ1v) is 6.61. The molecule has 0 fully saturated rings. The number of benzene rings is 2. The van der Waals surface area contributed by atoms with Crippen molar-refractivity contribution in [3.63, 3.8) is 0 Å². The predicted octanol–water partition coefficient (Wildman–Crippen LogP) is 3.95. The van der Waals surface area contributed by atoms with Crippen LogP contribution in [0.4, 0.5) is 4.39 Å². The summed E-state index contributed by atoms with van der Waals surface area (Å²) in [6, 6.07) is 13.4. The third-order valence-corrected chi connectivity index (χ3v) is 2.56. The third-order valence-electron chi connectivity index (χ3n) is 2.56. The number of carbonyl (C=O) groups excluding carboxylic acids is 1. The Hall–Kier alpha value is -2.36. The molecule has 2 aromatic rings. The van der Waals surface area contributed by atoms with Gasteiger partial charge in [-0.05, 0) is 51.1 Å². The molecule has 2 rings (SSSR count). The van der Waals surface area contributed by atoms with Gasteiger partial charge in [-0.2, -0.15) is 0 Å². The van der Waals surface area contributed by atoms with Gasteiger partial charge >= 0.3 is 0 Å². The summed E-state index contributed by atoms with van der Waals surface area (Å²) < 4.78 is 18.6. The van der Waals surface area contributed by atoms with E-state index >= 15 is 0 Å². The Labute approximate surface area is 123 Å². The number of rotatable bonds is 3. The van der Waals surface area contributed by atoms with Gasteiger partial charge < -0.3 is 10.1 Å². The minimum absolute atomic E-state index is 0.180. The molecule has 0 unspecified atom stereocenters. The molecule has 1 N–H and O–H groups in total. The zero-order valence-corrected chi connectivity index (χ0v) is 12.2. The van der Waals surface area contributed by atoms with E-state index in [0.717, 1.165) is 0 Å². The van der Waals surface area contributed by atoms with Crippen molar-refractivity contribution in [2.24, 2.45) is 0 Å². The van der Waals surface area contributed by atoms with Crippen molar-refractivity contribution in [3.05, 3.63) is 59.9 Å². The van der Waals surface area contributed by atoms with Gasteiger partial charge in [-0.1, -0.05) is 6.07 Å². The van der Waals surface area contributed by atoms with Crippen LogP contribution in [0.3, 0.4) is 0 Å². The molecule has 0 aliphatic rings. The highest BCUT2D eigenvalue weighted by Crippen LogP contribution is 2.22. The molecular weight excluding hydrogens is 269 g/mol. The second-order valence-corrected chi connectivity index (χ2v) is 5.71. The van der Waals surface area contributed by atoms with Crippen molar-refractivity contribution >= 4 is 5.91 Å². The standard InChI is InChI=1S/C17H17FNO2/c1-17(2,3)19-16(20)12-6-4-8-14(10-12)21-15-9-5-7-13(18)11-15/h4-6,8-11H,1-3H3,(H,19,20). The number of halogens is 1. The quantitative estimate of drug-likeness (QED) is 0.928. The van der Waals surface area contributed by atoms with Gasteiger partial charge in [0, 0.05) is 23.2 Å². The molecule has 1 amide bonds. The lowest BCUT2D eigenvalue weighted by Crippen LogP contribution is -2.40. The maximum absolute atomic E-state index is 13.1. The Morgan fingerprint density at radius 2 is 1.90 bits per heavy atom. The highest BCUT2D eigenvalue weighted by molar-refractivity contribution is 5.95. The number of hydrogen-bond donors (Lipinski definition) is 1. The van der Waals surface area contributed by atoms with Crippen LogP contribution in [0.5, 0.6) is 11.5 Å². The minimum atomic E-state index is -0.492. The maximum atomic E-state index is 13.1. The topological polar surface area (TPSA) is 38.3 Å². The van der Waals surface area contributed by atoms with Crippen LogP contribution < -0.4 is 10.1 Å². The Balaban J connectivity index is 2.16. The fourth-order valence-corrected chi connectivity index (χ4v) is 1.73. The van der Waals surface area contributed by atoms with Gasteiger partial charge in [-0.25, -0.2) is 4.39 Å². The summed E-state index contributed by atoms with van der Waals surface area (Å²) >= 11 is 0. The van der Waals surface area contributed by atoms with E-state index in [9.17, 15) is 9.18 Å². The van der Waals surface area contributed by atoms with Gasteiger partial charge in [0.15, 0.2) is 0 Å². The van der Waals surface area contributed by atoms with E-state index in [1.807, 2.05) is 20.8 Å². The molecule has 0 saturated heterocycles. The average Bonchev–Trinajstić information content (AvgIpc) is 2.37. The monoisotopic (exact) mass is 286 g/mol. The second kappa shape index (κ2) is 5.95. The van der Waals surface area contributed by atoms with Crippen LogP contribution in [0.25, 0.3) is 0 Å². The number of nitrogens with one attached hydrogen (secondary N) is 1. The second-order valence-electron chi connectivity index (χ2n) is 5.71. The summed E-state index contributed by atoms with van der Waals surface area (Å²) in [6.45, 7) is 5.73. The van der Waals surface area contributed by atoms with Gasteiger partial charge in [0.2, 0.25) is 0 Å². The molecule has 0 aromatic heterocycles. The van der Waals surface area contributed by atoms with Gasteiger partial charge in [0.1, 0.15) is 17.3 Å². The number of amides is 1. The lowest BCUT2D eigenvalue weighted by atomic mass is 10.1. The molecule has 3 nitrogen and oxygen atoms in total. The molecule has 0 aliphatic heterocycles. The van der Waals surface area contributed by atoms with Gasteiger partial charge in [0.25, 0.3) is 5.91 Å². The zero-order valence-electron chi connectivity index (χ0n) is 12.2. The van der Waals surface area contributed by atoms with Crippen LogP contribution in [0.2, 0.25) is 0 Å². The molecule has 0 saturated carbocycles. The largest absolute Gasteiger partial charge is 0.457 e. The first-order chi connectivity index (χ1) is 9.83. The van der Waals surface area contributed by atoms with E-state index in [2.05, 4.69) is 11.4 Å². The van der Waals surface area contributed by atoms with Crippen LogP contribution >= 0.6 is 0 Å². The Kier molecular flexibility index (Phi) is 4.26. The summed E-state index contributed by atoms with van der Waals surface area (Å²) in [5.41, 5.74) is 0.178. The van der Waals surface area contributed by atoms with E-state index in [0.29, 0.717) is 17.1 Å². The average molecular weight is 286 g/mol. The SMILES string of the molecule is CC(C)(C)NC(=O)c1cccc(Oc2cc[c]c(F)c2)c1. The van der Waals surface area contributed by atoms with Gasteiger partial charge in [-0.3, -0.25) is 4.79 Å². The molecule has 0 atom stereocenters. The lowest BCUT2D eigenvalue weighted by Gasteiger charge is -2.20. The Morgan fingerprint density at radius 1 is 1.19 bits per heavy atom. The fourth-order valence-electron chi connectivity index (χ4n) is 1.73. The van der Waals surface area contributed by atoms with E-state index in [4.69, 9.17) is 4.74 Å². The van der Waals surface area contributed by atoms with Crippen LogP contribution in [-0.4, -0.2) is 11.4 Å². The zero-order chi connectivity index (χ0) is 15.5. The van der Waals surface area contributed by atoms with E-state index in [1.54, 1.807) is 30.3 Å². The molecule has 109 valence electrons. The molecule has 4 heteroatoms. The number of carbonyl (C=O) groups is 1. The molecule has 0 aliphatic carbocycles. The molecular formula is C17H17FNO2.